The Morgan fingerprint density at radius 3 is 2.45 bits per heavy atom. The fourth-order valence-corrected chi connectivity index (χ4v) is 2.61. The van der Waals surface area contributed by atoms with E-state index >= 15 is 0 Å². The third-order valence-electron chi connectivity index (χ3n) is 4.02. The van der Waals surface area contributed by atoms with Crippen molar-refractivity contribution in [1.82, 2.24) is 16.0 Å². The van der Waals surface area contributed by atoms with Crippen molar-refractivity contribution < 1.29 is 18.7 Å². The van der Waals surface area contributed by atoms with Gasteiger partial charge >= 0.3 is 0 Å². The molecule has 0 unspecified atom stereocenters. The van der Waals surface area contributed by atoms with Gasteiger partial charge in [0.05, 0.1) is 26.6 Å². The third kappa shape index (κ3) is 10.9. The first-order valence-electron chi connectivity index (χ1n) is 9.91. The van der Waals surface area contributed by atoms with Gasteiger partial charge in [0.15, 0.2) is 5.96 Å². The van der Waals surface area contributed by atoms with Crippen LogP contribution in [0.3, 0.4) is 0 Å². The number of hydrogen-bond acceptors (Lipinski definition) is 4. The van der Waals surface area contributed by atoms with Crippen molar-refractivity contribution in [3.63, 3.8) is 0 Å². The van der Waals surface area contributed by atoms with E-state index in [2.05, 4.69) is 20.9 Å². The summed E-state index contributed by atoms with van der Waals surface area (Å²) in [5, 5.41) is 9.11. The van der Waals surface area contributed by atoms with Crippen molar-refractivity contribution >= 4 is 35.8 Å². The van der Waals surface area contributed by atoms with Crippen molar-refractivity contribution in [2.75, 3.05) is 39.9 Å². The predicted molar refractivity (Wildman–Crippen MR) is 131 cm³/mol. The summed E-state index contributed by atoms with van der Waals surface area (Å²) in [5.74, 6) is 1.68. The Kier molecular flexibility index (Phi) is 13.0. The number of rotatable bonds is 11. The maximum Gasteiger partial charge on any atom is 0.224 e. The molecule has 3 N–H and O–H groups in total. The number of carbonyl (C=O) groups excluding carboxylic acids is 1. The molecule has 0 aliphatic rings. The molecule has 170 valence electrons. The molecule has 1 amide bonds. The quantitative estimate of drug-likeness (QED) is 0.176. The number of amides is 1. The minimum Gasteiger partial charge on any atom is -0.497 e. The van der Waals surface area contributed by atoms with Crippen LogP contribution in [0.1, 0.15) is 12.5 Å². The molecule has 0 fully saturated rings. The summed E-state index contributed by atoms with van der Waals surface area (Å²) in [6.45, 7) is 4.56. The predicted octanol–water partition coefficient (Wildman–Crippen LogP) is 2.75. The number of nitrogens with zero attached hydrogens (tertiary/aromatic N) is 1. The summed E-state index contributed by atoms with van der Waals surface area (Å²) in [7, 11) is 1.62. The average Bonchev–Trinajstić information content (AvgIpc) is 2.74. The molecule has 0 saturated heterocycles. The maximum atomic E-state index is 13.2. The van der Waals surface area contributed by atoms with Crippen LogP contribution in [0, 0.1) is 5.82 Å². The second kappa shape index (κ2) is 15.3. The van der Waals surface area contributed by atoms with E-state index in [1.165, 1.54) is 12.1 Å². The molecule has 0 spiro atoms. The van der Waals surface area contributed by atoms with Crippen molar-refractivity contribution in [2.24, 2.45) is 4.99 Å². The first-order chi connectivity index (χ1) is 14.6. The van der Waals surface area contributed by atoms with E-state index in [0.29, 0.717) is 37.8 Å². The number of ether oxygens (including phenoxy) is 2. The maximum absolute atomic E-state index is 13.2. The van der Waals surface area contributed by atoms with Crippen LogP contribution < -0.4 is 25.4 Å². The zero-order valence-corrected chi connectivity index (χ0v) is 20.1. The van der Waals surface area contributed by atoms with Gasteiger partial charge in [0.2, 0.25) is 5.91 Å². The number of carbonyl (C=O) groups is 1. The lowest BCUT2D eigenvalue weighted by Crippen LogP contribution is -2.40. The number of guanidine groups is 1. The van der Waals surface area contributed by atoms with Gasteiger partial charge < -0.3 is 25.4 Å². The van der Waals surface area contributed by atoms with Gasteiger partial charge in [0.1, 0.15) is 23.9 Å². The number of halogens is 2. The second-order valence-electron chi connectivity index (χ2n) is 6.37. The summed E-state index contributed by atoms with van der Waals surface area (Å²) >= 11 is 0. The first kappa shape index (κ1) is 26.5. The number of benzene rings is 2. The SMILES string of the molecule is CCNC(=NCCNC(=O)Cc1cccc(F)c1)NCCOc1ccc(OC)cc1.I. The molecule has 9 heteroatoms. The highest BCUT2D eigenvalue weighted by Crippen LogP contribution is 2.16. The zero-order valence-electron chi connectivity index (χ0n) is 17.8. The molecule has 31 heavy (non-hydrogen) atoms. The van der Waals surface area contributed by atoms with Crippen LogP contribution in [-0.2, 0) is 11.2 Å². The summed E-state index contributed by atoms with van der Waals surface area (Å²) < 4.78 is 24.0. The largest absolute Gasteiger partial charge is 0.497 e. The second-order valence-corrected chi connectivity index (χ2v) is 6.37. The van der Waals surface area contributed by atoms with Crippen LogP contribution >= 0.6 is 24.0 Å². The standard InChI is InChI=1S/C22H29FN4O3.HI/c1-3-24-22(27-13-14-30-20-9-7-19(29-2)8-10-20)26-12-11-25-21(28)16-17-5-4-6-18(23)15-17;/h4-10,15H,3,11-14,16H2,1-2H3,(H,25,28)(H2,24,26,27);1H. The Labute approximate surface area is 199 Å². The number of hydrogen-bond donors (Lipinski definition) is 3. The number of aliphatic imine (C=N–C) groups is 1. The van der Waals surface area contributed by atoms with E-state index in [4.69, 9.17) is 9.47 Å². The molecule has 2 rings (SSSR count). The molecule has 2 aromatic rings. The Bertz CT molecular complexity index is 819. The van der Waals surface area contributed by atoms with Gasteiger partial charge in [-0.15, -0.1) is 24.0 Å². The lowest BCUT2D eigenvalue weighted by molar-refractivity contribution is -0.120. The van der Waals surface area contributed by atoms with Crippen LogP contribution in [-0.4, -0.2) is 51.8 Å². The van der Waals surface area contributed by atoms with Gasteiger partial charge in [0.25, 0.3) is 0 Å². The fourth-order valence-electron chi connectivity index (χ4n) is 2.61. The lowest BCUT2D eigenvalue weighted by Gasteiger charge is -2.12. The van der Waals surface area contributed by atoms with E-state index < -0.39 is 0 Å². The highest BCUT2D eigenvalue weighted by molar-refractivity contribution is 14.0. The van der Waals surface area contributed by atoms with Gasteiger partial charge in [-0.3, -0.25) is 9.79 Å². The van der Waals surface area contributed by atoms with Gasteiger partial charge in [-0.25, -0.2) is 4.39 Å². The number of nitrogens with one attached hydrogen (secondary N) is 3. The molecular formula is C22H30FIN4O3. The third-order valence-corrected chi connectivity index (χ3v) is 4.02. The topological polar surface area (TPSA) is 84.0 Å². The molecular weight excluding hydrogens is 514 g/mol. The van der Waals surface area contributed by atoms with Crippen LogP contribution in [0.4, 0.5) is 4.39 Å². The van der Waals surface area contributed by atoms with E-state index in [1.54, 1.807) is 19.2 Å². The van der Waals surface area contributed by atoms with Crippen LogP contribution in [0.5, 0.6) is 11.5 Å². The van der Waals surface area contributed by atoms with E-state index in [1.807, 2.05) is 31.2 Å². The molecule has 0 radical (unpaired) electrons. The molecule has 0 aliphatic heterocycles. The summed E-state index contributed by atoms with van der Waals surface area (Å²) in [4.78, 5) is 16.4. The zero-order chi connectivity index (χ0) is 21.6. The molecule has 7 nitrogen and oxygen atoms in total. The Hall–Kier alpha value is -2.56. The van der Waals surface area contributed by atoms with Gasteiger partial charge in [-0.1, -0.05) is 12.1 Å². The minimum absolute atomic E-state index is 0. The molecule has 0 atom stereocenters. The Balaban J connectivity index is 0.00000480. The average molecular weight is 544 g/mol. The molecule has 0 aliphatic carbocycles. The molecule has 0 heterocycles. The van der Waals surface area contributed by atoms with Crippen molar-refractivity contribution in [2.45, 2.75) is 13.3 Å². The van der Waals surface area contributed by atoms with Crippen molar-refractivity contribution in [3.05, 3.63) is 59.9 Å². The smallest absolute Gasteiger partial charge is 0.224 e. The van der Waals surface area contributed by atoms with Crippen molar-refractivity contribution in [3.8, 4) is 11.5 Å². The van der Waals surface area contributed by atoms with Gasteiger partial charge in [-0.2, -0.15) is 0 Å². The van der Waals surface area contributed by atoms with Crippen LogP contribution in [0.15, 0.2) is 53.5 Å². The lowest BCUT2D eigenvalue weighted by atomic mass is 10.1. The normalized spacial score (nSPS) is 10.6. The summed E-state index contributed by atoms with van der Waals surface area (Å²) in [6.07, 6.45) is 0.141. The van der Waals surface area contributed by atoms with Crippen LogP contribution in [0.25, 0.3) is 0 Å². The summed E-state index contributed by atoms with van der Waals surface area (Å²) in [6, 6.07) is 13.4. The Morgan fingerprint density at radius 2 is 1.77 bits per heavy atom. The highest BCUT2D eigenvalue weighted by Gasteiger charge is 2.04. The van der Waals surface area contributed by atoms with Gasteiger partial charge in [-0.05, 0) is 48.9 Å². The van der Waals surface area contributed by atoms with E-state index in [0.717, 1.165) is 18.0 Å². The van der Waals surface area contributed by atoms with Gasteiger partial charge in [0, 0.05) is 13.1 Å². The van der Waals surface area contributed by atoms with Crippen molar-refractivity contribution in [1.29, 1.82) is 0 Å². The fraction of sp³-hybridized carbons (Fsp3) is 0.364. The molecule has 2 aromatic carbocycles. The minimum atomic E-state index is -0.345. The van der Waals surface area contributed by atoms with E-state index in [-0.39, 0.29) is 42.1 Å². The molecule has 0 saturated carbocycles. The first-order valence-corrected chi connectivity index (χ1v) is 9.91. The highest BCUT2D eigenvalue weighted by atomic mass is 127. The summed E-state index contributed by atoms with van der Waals surface area (Å²) in [5.41, 5.74) is 0.642. The Morgan fingerprint density at radius 1 is 1.03 bits per heavy atom. The molecule has 0 aromatic heterocycles. The van der Waals surface area contributed by atoms with Crippen LogP contribution in [0.2, 0.25) is 0 Å². The number of methoxy groups -OCH3 is 1. The molecule has 0 bridgehead atoms. The van der Waals surface area contributed by atoms with E-state index in [9.17, 15) is 9.18 Å². The monoisotopic (exact) mass is 544 g/mol.